The second-order valence-corrected chi connectivity index (χ2v) is 7.82. The van der Waals surface area contributed by atoms with E-state index in [1.807, 2.05) is 72.5 Å². The van der Waals surface area contributed by atoms with Crippen LogP contribution in [-0.4, -0.2) is 57.4 Å². The predicted octanol–water partition coefficient (Wildman–Crippen LogP) is 2.97. The monoisotopic (exact) mass is 418 g/mol. The zero-order chi connectivity index (χ0) is 21.6. The van der Waals surface area contributed by atoms with Crippen LogP contribution in [0.25, 0.3) is 11.5 Å². The zero-order valence-corrected chi connectivity index (χ0v) is 17.6. The van der Waals surface area contributed by atoms with Crippen LogP contribution in [0, 0.1) is 0 Å². The minimum atomic E-state index is -0.0522. The third-order valence-electron chi connectivity index (χ3n) is 5.57. The van der Waals surface area contributed by atoms with Gasteiger partial charge in [-0.25, -0.2) is 0 Å². The molecule has 0 saturated carbocycles. The average Bonchev–Trinajstić information content (AvgIpc) is 3.27. The van der Waals surface area contributed by atoms with Crippen molar-refractivity contribution in [2.45, 2.75) is 32.2 Å². The van der Waals surface area contributed by atoms with Gasteiger partial charge >= 0.3 is 0 Å². The molecule has 0 N–H and O–H groups in total. The van der Waals surface area contributed by atoms with Gasteiger partial charge in [-0.05, 0) is 31.0 Å². The quantitative estimate of drug-likeness (QED) is 0.615. The number of amides is 2. The fourth-order valence-corrected chi connectivity index (χ4v) is 3.87. The van der Waals surface area contributed by atoms with Crippen LogP contribution >= 0.6 is 0 Å². The van der Waals surface area contributed by atoms with Gasteiger partial charge in [0.25, 0.3) is 5.89 Å². The fourth-order valence-electron chi connectivity index (χ4n) is 3.87. The summed E-state index contributed by atoms with van der Waals surface area (Å²) in [4.78, 5) is 33.4. The number of aryl methyl sites for hydroxylation is 1. The summed E-state index contributed by atoms with van der Waals surface area (Å²) >= 11 is 0. The van der Waals surface area contributed by atoms with E-state index in [4.69, 9.17) is 4.52 Å². The molecule has 1 atom stereocenters. The normalized spacial score (nSPS) is 16.4. The number of hydrogen-bond acceptors (Lipinski definition) is 5. The van der Waals surface area contributed by atoms with E-state index < -0.39 is 0 Å². The van der Waals surface area contributed by atoms with Gasteiger partial charge in [-0.15, -0.1) is 0 Å². The topological polar surface area (TPSA) is 79.5 Å². The van der Waals surface area contributed by atoms with Crippen LogP contribution in [0.4, 0.5) is 0 Å². The second-order valence-electron chi connectivity index (χ2n) is 7.82. The molecule has 0 aliphatic carbocycles. The number of hydrogen-bond donors (Lipinski definition) is 0. The third kappa shape index (κ3) is 5.17. The predicted molar refractivity (Wildman–Crippen MR) is 116 cm³/mol. The first-order valence-corrected chi connectivity index (χ1v) is 10.6. The summed E-state index contributed by atoms with van der Waals surface area (Å²) in [6.07, 6.45) is 1.30. The minimum Gasteiger partial charge on any atom is -0.338 e. The van der Waals surface area contributed by atoms with Gasteiger partial charge in [-0.2, -0.15) is 4.98 Å². The molecule has 7 nitrogen and oxygen atoms in total. The molecule has 1 saturated heterocycles. The van der Waals surface area contributed by atoms with Crippen molar-refractivity contribution < 1.29 is 14.1 Å². The lowest BCUT2D eigenvalue weighted by Crippen LogP contribution is -2.55. The molecule has 1 aliphatic heterocycles. The maximum atomic E-state index is 12.7. The largest absolute Gasteiger partial charge is 0.338 e. The van der Waals surface area contributed by atoms with Gasteiger partial charge in [0.2, 0.25) is 11.8 Å². The highest BCUT2D eigenvalue weighted by Gasteiger charge is 2.30. The third-order valence-corrected chi connectivity index (χ3v) is 5.57. The maximum absolute atomic E-state index is 12.7. The summed E-state index contributed by atoms with van der Waals surface area (Å²) in [5, 5.41) is 3.94. The van der Waals surface area contributed by atoms with Crippen molar-refractivity contribution in [1.82, 2.24) is 19.9 Å². The lowest BCUT2D eigenvalue weighted by atomic mass is 10.1. The number of carbonyl (C=O) groups is 2. The summed E-state index contributed by atoms with van der Waals surface area (Å²) in [5.41, 5.74) is 1.98. The molecule has 1 aliphatic rings. The van der Waals surface area contributed by atoms with Gasteiger partial charge in [-0.3, -0.25) is 9.59 Å². The first-order valence-electron chi connectivity index (χ1n) is 10.6. The molecule has 0 spiro atoms. The molecule has 2 heterocycles. The van der Waals surface area contributed by atoms with Crippen molar-refractivity contribution in [3.05, 3.63) is 72.1 Å². The van der Waals surface area contributed by atoms with Gasteiger partial charge in [-0.1, -0.05) is 53.7 Å². The molecule has 31 heavy (non-hydrogen) atoms. The molecule has 160 valence electrons. The first-order chi connectivity index (χ1) is 15.1. The Morgan fingerprint density at radius 2 is 1.71 bits per heavy atom. The highest BCUT2D eigenvalue weighted by atomic mass is 16.5. The van der Waals surface area contributed by atoms with Crippen molar-refractivity contribution in [3.8, 4) is 11.5 Å². The molecular weight excluding hydrogens is 392 g/mol. The highest BCUT2D eigenvalue weighted by molar-refractivity contribution is 5.80. The van der Waals surface area contributed by atoms with E-state index in [2.05, 4.69) is 10.1 Å². The van der Waals surface area contributed by atoms with Gasteiger partial charge in [0.05, 0.1) is 6.42 Å². The van der Waals surface area contributed by atoms with E-state index in [0.29, 0.717) is 37.8 Å². The van der Waals surface area contributed by atoms with Gasteiger partial charge in [0, 0.05) is 37.7 Å². The Kier molecular flexibility index (Phi) is 6.40. The molecule has 2 amide bonds. The Hall–Kier alpha value is -3.48. The zero-order valence-electron chi connectivity index (χ0n) is 17.6. The smallest absolute Gasteiger partial charge is 0.257 e. The van der Waals surface area contributed by atoms with E-state index in [1.54, 1.807) is 4.90 Å². The highest BCUT2D eigenvalue weighted by Crippen LogP contribution is 2.17. The molecule has 4 rings (SSSR count). The van der Waals surface area contributed by atoms with E-state index in [-0.39, 0.29) is 24.3 Å². The molecule has 2 aromatic carbocycles. The van der Waals surface area contributed by atoms with Crippen LogP contribution in [0.3, 0.4) is 0 Å². The van der Waals surface area contributed by atoms with Crippen molar-refractivity contribution in [1.29, 1.82) is 0 Å². The summed E-state index contributed by atoms with van der Waals surface area (Å²) in [6.45, 7) is 3.56. The molecule has 3 aromatic rings. The lowest BCUT2D eigenvalue weighted by molar-refractivity contribution is -0.142. The minimum absolute atomic E-state index is 0.0221. The SMILES string of the molecule is C[C@@H]1CN(C(=O)Cc2noc(-c3ccccc3)n2)CCN1C(=O)CCc1ccccc1. The van der Waals surface area contributed by atoms with Gasteiger partial charge in [0.15, 0.2) is 5.82 Å². The van der Waals surface area contributed by atoms with Crippen molar-refractivity contribution in [2.24, 2.45) is 0 Å². The number of piperazine rings is 1. The van der Waals surface area contributed by atoms with Crippen LogP contribution in [0.1, 0.15) is 24.7 Å². The first kappa shape index (κ1) is 20.8. The Balaban J connectivity index is 1.29. The second kappa shape index (κ2) is 9.55. The summed E-state index contributed by atoms with van der Waals surface area (Å²) < 4.78 is 5.29. The van der Waals surface area contributed by atoms with Gasteiger partial charge < -0.3 is 14.3 Å². The van der Waals surface area contributed by atoms with Crippen LogP contribution in [0.15, 0.2) is 65.2 Å². The summed E-state index contributed by atoms with van der Waals surface area (Å²) in [6, 6.07) is 19.5. The van der Waals surface area contributed by atoms with Crippen LogP contribution in [-0.2, 0) is 22.4 Å². The summed E-state index contributed by atoms with van der Waals surface area (Å²) in [7, 11) is 0. The summed E-state index contributed by atoms with van der Waals surface area (Å²) in [5.74, 6) is 0.862. The van der Waals surface area contributed by atoms with E-state index in [9.17, 15) is 9.59 Å². The van der Waals surface area contributed by atoms with Crippen LogP contribution in [0.2, 0.25) is 0 Å². The number of aromatic nitrogens is 2. The van der Waals surface area contributed by atoms with E-state index >= 15 is 0 Å². The van der Waals surface area contributed by atoms with Crippen LogP contribution in [0.5, 0.6) is 0 Å². The lowest BCUT2D eigenvalue weighted by Gasteiger charge is -2.40. The molecule has 7 heteroatoms. The molecule has 1 fully saturated rings. The number of rotatable bonds is 6. The Morgan fingerprint density at radius 1 is 1.00 bits per heavy atom. The van der Waals surface area contributed by atoms with Crippen molar-refractivity contribution in [2.75, 3.05) is 19.6 Å². The fraction of sp³-hybridized carbons (Fsp3) is 0.333. The Labute approximate surface area is 181 Å². The maximum Gasteiger partial charge on any atom is 0.257 e. The molecular formula is C24H26N4O3. The van der Waals surface area contributed by atoms with Crippen LogP contribution < -0.4 is 0 Å². The molecule has 0 radical (unpaired) electrons. The Morgan fingerprint density at radius 3 is 2.42 bits per heavy atom. The standard InChI is InChI=1S/C24H26N4O3/c1-18-17-27(14-15-28(18)22(29)13-12-19-8-4-2-5-9-19)23(30)16-21-25-24(31-26-21)20-10-6-3-7-11-20/h2-11,18H,12-17H2,1H3/t18-/m1/s1. The molecule has 1 aromatic heterocycles. The molecule has 0 unspecified atom stereocenters. The molecule has 0 bridgehead atoms. The Bertz CT molecular complexity index is 1020. The van der Waals surface area contributed by atoms with E-state index in [1.165, 1.54) is 0 Å². The van der Waals surface area contributed by atoms with Gasteiger partial charge in [0.1, 0.15) is 0 Å². The number of carbonyl (C=O) groups excluding carboxylic acids is 2. The number of benzene rings is 2. The van der Waals surface area contributed by atoms with Crippen molar-refractivity contribution in [3.63, 3.8) is 0 Å². The average molecular weight is 418 g/mol. The number of nitrogens with zero attached hydrogens (tertiary/aromatic N) is 4. The van der Waals surface area contributed by atoms with Crippen molar-refractivity contribution >= 4 is 11.8 Å². The van der Waals surface area contributed by atoms with E-state index in [0.717, 1.165) is 17.5 Å².